The van der Waals surface area contributed by atoms with Crippen LogP contribution in [0.1, 0.15) is 56.7 Å². The van der Waals surface area contributed by atoms with Crippen molar-refractivity contribution in [2.45, 2.75) is 65.0 Å². The van der Waals surface area contributed by atoms with Gasteiger partial charge in [-0.1, -0.05) is 13.3 Å². The molecule has 0 saturated carbocycles. The van der Waals surface area contributed by atoms with Gasteiger partial charge in [-0.15, -0.1) is 0 Å². The first kappa shape index (κ1) is 16.4. The number of rotatable bonds is 3. The molecule has 3 rings (SSSR count). The van der Waals surface area contributed by atoms with Crippen molar-refractivity contribution in [3.05, 3.63) is 11.6 Å². The Labute approximate surface area is 138 Å². The van der Waals surface area contributed by atoms with E-state index in [0.717, 1.165) is 57.1 Å². The van der Waals surface area contributed by atoms with Gasteiger partial charge < -0.3 is 4.90 Å². The predicted molar refractivity (Wildman–Crippen MR) is 89.2 cm³/mol. The fraction of sp³-hybridized carbons (Fsp3) is 0.824. The van der Waals surface area contributed by atoms with E-state index < -0.39 is 0 Å². The van der Waals surface area contributed by atoms with Crippen molar-refractivity contribution in [1.29, 1.82) is 0 Å². The molecule has 23 heavy (non-hydrogen) atoms. The van der Waals surface area contributed by atoms with Crippen LogP contribution in [-0.4, -0.2) is 62.7 Å². The van der Waals surface area contributed by atoms with Gasteiger partial charge in [0.25, 0.3) is 0 Å². The minimum absolute atomic E-state index is 0.0890. The number of carbonyl (C=O) groups is 1. The number of aryl methyl sites for hydroxylation is 2. The molecule has 0 N–H and O–H groups in total. The average Bonchev–Trinajstić information content (AvgIpc) is 2.92. The predicted octanol–water partition coefficient (Wildman–Crippen LogP) is 1.93. The summed E-state index contributed by atoms with van der Waals surface area (Å²) in [7, 11) is 0. The maximum atomic E-state index is 13.0. The summed E-state index contributed by atoms with van der Waals surface area (Å²) in [5, 5.41) is 4.53. The first-order chi connectivity index (χ1) is 11.1. The summed E-state index contributed by atoms with van der Waals surface area (Å²) in [4.78, 5) is 21.9. The Balaban J connectivity index is 1.70. The van der Waals surface area contributed by atoms with Crippen molar-refractivity contribution in [3.63, 3.8) is 0 Å². The van der Waals surface area contributed by atoms with Crippen molar-refractivity contribution in [2.75, 3.05) is 26.2 Å². The molecule has 2 saturated heterocycles. The SMILES string of the molecule is CCN1CCCC[C@@H]1C(=O)N1CCC[C@H](n2nc(C)nc2C)C1. The van der Waals surface area contributed by atoms with Crippen LogP contribution >= 0.6 is 0 Å². The number of hydrogen-bond donors (Lipinski definition) is 0. The van der Waals surface area contributed by atoms with E-state index in [-0.39, 0.29) is 12.1 Å². The van der Waals surface area contributed by atoms with Crippen molar-refractivity contribution >= 4 is 5.91 Å². The van der Waals surface area contributed by atoms with Crippen molar-refractivity contribution < 1.29 is 4.79 Å². The second-order valence-corrected chi connectivity index (χ2v) is 6.87. The van der Waals surface area contributed by atoms with Gasteiger partial charge in [0.2, 0.25) is 5.91 Å². The molecule has 128 valence electrons. The first-order valence-corrected chi connectivity index (χ1v) is 9.02. The third-order valence-electron chi connectivity index (χ3n) is 5.27. The number of amides is 1. The number of likely N-dealkylation sites (tertiary alicyclic amines) is 2. The van der Waals surface area contributed by atoms with Gasteiger partial charge in [0.1, 0.15) is 11.6 Å². The topological polar surface area (TPSA) is 54.3 Å². The lowest BCUT2D eigenvalue weighted by Crippen LogP contribution is -2.53. The smallest absolute Gasteiger partial charge is 0.239 e. The molecule has 3 heterocycles. The minimum Gasteiger partial charge on any atom is -0.339 e. The Morgan fingerprint density at radius 1 is 1.17 bits per heavy atom. The molecule has 0 unspecified atom stereocenters. The summed E-state index contributed by atoms with van der Waals surface area (Å²) in [6.45, 7) is 9.77. The van der Waals surface area contributed by atoms with Gasteiger partial charge in [0, 0.05) is 13.1 Å². The van der Waals surface area contributed by atoms with Crippen molar-refractivity contribution in [1.82, 2.24) is 24.6 Å². The van der Waals surface area contributed by atoms with Crippen LogP contribution in [-0.2, 0) is 4.79 Å². The Morgan fingerprint density at radius 2 is 2.00 bits per heavy atom. The third kappa shape index (κ3) is 3.42. The molecule has 1 amide bonds. The number of hydrogen-bond acceptors (Lipinski definition) is 4. The van der Waals surface area contributed by atoms with E-state index in [2.05, 4.69) is 26.8 Å². The first-order valence-electron chi connectivity index (χ1n) is 9.02. The Hall–Kier alpha value is -1.43. The normalized spacial score (nSPS) is 26.5. The number of aromatic nitrogens is 3. The summed E-state index contributed by atoms with van der Waals surface area (Å²) in [6.07, 6.45) is 5.53. The van der Waals surface area contributed by atoms with E-state index in [1.54, 1.807) is 0 Å². The van der Waals surface area contributed by atoms with Gasteiger partial charge in [-0.2, -0.15) is 5.10 Å². The highest BCUT2D eigenvalue weighted by Crippen LogP contribution is 2.25. The molecule has 2 aliphatic heterocycles. The molecule has 0 spiro atoms. The van der Waals surface area contributed by atoms with Crippen LogP contribution in [0.3, 0.4) is 0 Å². The largest absolute Gasteiger partial charge is 0.339 e. The molecule has 0 radical (unpaired) electrons. The Morgan fingerprint density at radius 3 is 2.70 bits per heavy atom. The quantitative estimate of drug-likeness (QED) is 0.854. The van der Waals surface area contributed by atoms with Crippen LogP contribution in [0.25, 0.3) is 0 Å². The fourth-order valence-corrected chi connectivity index (χ4v) is 4.10. The van der Waals surface area contributed by atoms with Gasteiger partial charge >= 0.3 is 0 Å². The highest BCUT2D eigenvalue weighted by atomic mass is 16.2. The zero-order valence-corrected chi connectivity index (χ0v) is 14.7. The second kappa shape index (κ2) is 6.99. The summed E-state index contributed by atoms with van der Waals surface area (Å²) >= 11 is 0. The lowest BCUT2D eigenvalue weighted by molar-refractivity contribution is -0.140. The molecule has 6 heteroatoms. The molecule has 0 aromatic carbocycles. The fourth-order valence-electron chi connectivity index (χ4n) is 4.10. The van der Waals surface area contributed by atoms with Crippen LogP contribution in [0.2, 0.25) is 0 Å². The van der Waals surface area contributed by atoms with Gasteiger partial charge in [0.05, 0.1) is 12.1 Å². The minimum atomic E-state index is 0.0890. The van der Waals surface area contributed by atoms with E-state index in [9.17, 15) is 4.79 Å². The zero-order chi connectivity index (χ0) is 16.4. The molecule has 0 bridgehead atoms. The van der Waals surface area contributed by atoms with E-state index in [0.29, 0.717) is 5.91 Å². The van der Waals surface area contributed by atoms with Crippen LogP contribution in [0.5, 0.6) is 0 Å². The Bertz CT molecular complexity index is 555. The second-order valence-electron chi connectivity index (χ2n) is 6.87. The number of piperidine rings is 2. The molecule has 2 aliphatic rings. The van der Waals surface area contributed by atoms with Crippen LogP contribution in [0.4, 0.5) is 0 Å². The third-order valence-corrected chi connectivity index (χ3v) is 5.27. The van der Waals surface area contributed by atoms with E-state index in [4.69, 9.17) is 0 Å². The standard InChI is InChI=1S/C17H29N5O/c1-4-20-10-6-5-9-16(20)17(23)21-11-7-8-15(12-21)22-14(3)18-13(2)19-22/h15-16H,4-12H2,1-3H3/t15-,16+/m0/s1. The average molecular weight is 319 g/mol. The van der Waals surface area contributed by atoms with Crippen molar-refractivity contribution in [2.24, 2.45) is 0 Å². The summed E-state index contributed by atoms with van der Waals surface area (Å²) in [6, 6.07) is 0.360. The van der Waals surface area contributed by atoms with Gasteiger partial charge in [0.15, 0.2) is 0 Å². The molecular weight excluding hydrogens is 290 g/mol. The highest BCUT2D eigenvalue weighted by Gasteiger charge is 2.34. The van der Waals surface area contributed by atoms with Crippen LogP contribution < -0.4 is 0 Å². The van der Waals surface area contributed by atoms with Crippen molar-refractivity contribution in [3.8, 4) is 0 Å². The zero-order valence-electron chi connectivity index (χ0n) is 14.7. The van der Waals surface area contributed by atoms with E-state index >= 15 is 0 Å². The molecule has 1 aromatic heterocycles. The number of nitrogens with zero attached hydrogens (tertiary/aromatic N) is 5. The van der Waals surface area contributed by atoms with E-state index in [1.165, 1.54) is 12.8 Å². The number of likely N-dealkylation sites (N-methyl/N-ethyl adjacent to an activating group) is 1. The van der Waals surface area contributed by atoms with Gasteiger partial charge in [-0.05, 0) is 52.6 Å². The monoisotopic (exact) mass is 319 g/mol. The lowest BCUT2D eigenvalue weighted by atomic mass is 9.98. The molecule has 1 aromatic rings. The van der Waals surface area contributed by atoms with Gasteiger partial charge in [-0.3, -0.25) is 9.69 Å². The van der Waals surface area contributed by atoms with Gasteiger partial charge in [-0.25, -0.2) is 9.67 Å². The summed E-state index contributed by atoms with van der Waals surface area (Å²) in [5.41, 5.74) is 0. The van der Waals surface area contributed by atoms with Crippen LogP contribution in [0, 0.1) is 13.8 Å². The molecule has 2 atom stereocenters. The Kier molecular flexibility index (Phi) is 4.99. The maximum absolute atomic E-state index is 13.0. The van der Waals surface area contributed by atoms with Crippen LogP contribution in [0.15, 0.2) is 0 Å². The number of carbonyl (C=O) groups excluding carboxylic acids is 1. The molecule has 2 fully saturated rings. The highest BCUT2D eigenvalue weighted by molar-refractivity contribution is 5.82. The summed E-state index contributed by atoms with van der Waals surface area (Å²) in [5.74, 6) is 2.09. The molecule has 6 nitrogen and oxygen atoms in total. The maximum Gasteiger partial charge on any atom is 0.239 e. The molecule has 0 aliphatic carbocycles. The molecular formula is C17H29N5O. The lowest BCUT2D eigenvalue weighted by Gasteiger charge is -2.40. The summed E-state index contributed by atoms with van der Waals surface area (Å²) < 4.78 is 2.02. The van der Waals surface area contributed by atoms with E-state index in [1.807, 2.05) is 18.5 Å².